The highest BCUT2D eigenvalue weighted by Crippen LogP contribution is 2.33. The number of methoxy groups -OCH3 is 1. The highest BCUT2D eigenvalue weighted by Gasteiger charge is 2.36. The van der Waals surface area contributed by atoms with Crippen molar-refractivity contribution in [3.63, 3.8) is 0 Å². The second-order valence-corrected chi connectivity index (χ2v) is 8.36. The summed E-state index contributed by atoms with van der Waals surface area (Å²) in [5.41, 5.74) is 2.44. The summed E-state index contributed by atoms with van der Waals surface area (Å²) in [6, 6.07) is 21.8. The number of nitrogens with zero attached hydrogens (tertiary/aromatic N) is 1. The van der Waals surface area contributed by atoms with Crippen LogP contribution >= 0.6 is 0 Å². The monoisotopic (exact) mass is 488 g/mol. The first-order valence-electron chi connectivity index (χ1n) is 11.7. The van der Waals surface area contributed by atoms with Crippen LogP contribution in [0.1, 0.15) is 18.9 Å². The molecule has 1 aliphatic heterocycles. The summed E-state index contributed by atoms with van der Waals surface area (Å²) in [6.45, 7) is 1.83. The maximum Gasteiger partial charge on any atom is 0.311 e. The molecule has 0 bridgehead atoms. The second kappa shape index (κ2) is 11.4. The number of aryl methyl sites for hydroxylation is 1. The lowest BCUT2D eigenvalue weighted by Crippen LogP contribution is -2.28. The van der Waals surface area contributed by atoms with Crippen molar-refractivity contribution in [1.29, 1.82) is 0 Å². The predicted molar refractivity (Wildman–Crippen MR) is 135 cm³/mol. The predicted octanol–water partition coefficient (Wildman–Crippen LogP) is 4.58. The molecule has 2 amide bonds. The Labute approximate surface area is 209 Å². The Balaban J connectivity index is 1.29. The van der Waals surface area contributed by atoms with Crippen LogP contribution in [-0.4, -0.2) is 38.0 Å². The SMILES string of the molecule is CCc1ccc(NC(=O)COC(=O)[C@H]2CC(=O)N(c3ccc(Oc4ccccc4OC)cc3)C2)cc1. The lowest BCUT2D eigenvalue weighted by molar-refractivity contribution is -0.151. The number of para-hydroxylation sites is 2. The standard InChI is InChI=1S/C28H28N2O6/c1-3-19-8-10-21(11-9-19)29-26(31)18-35-28(33)20-16-27(32)30(17-20)22-12-14-23(15-13-22)36-25-7-5-4-6-24(25)34-2/h4-15,20H,3,16-18H2,1-2H3,(H,29,31)/t20-/m0/s1. The van der Waals surface area contributed by atoms with Gasteiger partial charge in [0, 0.05) is 24.3 Å². The molecule has 0 aliphatic carbocycles. The summed E-state index contributed by atoms with van der Waals surface area (Å²) in [7, 11) is 1.57. The number of carbonyl (C=O) groups excluding carboxylic acids is 3. The Morgan fingerprint density at radius 2 is 1.67 bits per heavy atom. The van der Waals surface area contributed by atoms with Crippen molar-refractivity contribution in [1.82, 2.24) is 0 Å². The first kappa shape index (κ1) is 24.8. The summed E-state index contributed by atoms with van der Waals surface area (Å²) in [4.78, 5) is 38.8. The van der Waals surface area contributed by atoms with Gasteiger partial charge in [0.05, 0.1) is 13.0 Å². The maximum atomic E-state index is 12.6. The van der Waals surface area contributed by atoms with Crippen molar-refractivity contribution >= 4 is 29.2 Å². The Morgan fingerprint density at radius 1 is 0.972 bits per heavy atom. The van der Waals surface area contributed by atoms with Crippen molar-refractivity contribution in [3.05, 3.63) is 78.4 Å². The number of amides is 2. The molecule has 1 heterocycles. The maximum absolute atomic E-state index is 12.6. The highest BCUT2D eigenvalue weighted by atomic mass is 16.5. The van der Waals surface area contributed by atoms with E-state index < -0.39 is 24.4 Å². The van der Waals surface area contributed by atoms with Gasteiger partial charge in [0.15, 0.2) is 18.1 Å². The molecule has 1 N–H and O–H groups in total. The highest BCUT2D eigenvalue weighted by molar-refractivity contribution is 6.00. The van der Waals surface area contributed by atoms with Gasteiger partial charge in [-0.2, -0.15) is 0 Å². The molecule has 1 atom stereocenters. The normalized spacial score (nSPS) is 14.9. The van der Waals surface area contributed by atoms with Crippen LogP contribution in [0.2, 0.25) is 0 Å². The van der Waals surface area contributed by atoms with Gasteiger partial charge in [-0.25, -0.2) is 0 Å². The topological polar surface area (TPSA) is 94.2 Å². The van der Waals surface area contributed by atoms with Crippen molar-refractivity contribution < 1.29 is 28.6 Å². The first-order valence-corrected chi connectivity index (χ1v) is 11.7. The molecule has 0 spiro atoms. The Kier molecular flexibility index (Phi) is 7.85. The number of ether oxygens (including phenoxy) is 3. The first-order chi connectivity index (χ1) is 17.5. The minimum absolute atomic E-state index is 0.0262. The third-order valence-electron chi connectivity index (χ3n) is 5.90. The fourth-order valence-electron chi connectivity index (χ4n) is 3.91. The van der Waals surface area contributed by atoms with E-state index in [1.807, 2.05) is 24.3 Å². The fourth-order valence-corrected chi connectivity index (χ4v) is 3.91. The zero-order valence-electron chi connectivity index (χ0n) is 20.2. The number of esters is 1. The third-order valence-corrected chi connectivity index (χ3v) is 5.90. The van der Waals surface area contributed by atoms with Gasteiger partial charge in [0.2, 0.25) is 5.91 Å². The molecule has 8 heteroatoms. The molecule has 8 nitrogen and oxygen atoms in total. The van der Waals surface area contributed by atoms with E-state index in [0.717, 1.165) is 12.0 Å². The molecule has 36 heavy (non-hydrogen) atoms. The zero-order valence-corrected chi connectivity index (χ0v) is 20.2. The minimum atomic E-state index is -0.640. The summed E-state index contributed by atoms with van der Waals surface area (Å²) >= 11 is 0. The Hall–Kier alpha value is -4.33. The van der Waals surface area contributed by atoms with Gasteiger partial charge >= 0.3 is 5.97 Å². The van der Waals surface area contributed by atoms with Crippen LogP contribution in [0.3, 0.4) is 0 Å². The number of hydrogen-bond donors (Lipinski definition) is 1. The summed E-state index contributed by atoms with van der Waals surface area (Å²) in [5, 5.41) is 2.70. The molecule has 1 fully saturated rings. The van der Waals surface area contributed by atoms with Crippen LogP contribution in [0.15, 0.2) is 72.8 Å². The molecule has 3 aromatic rings. The molecule has 0 aromatic heterocycles. The molecule has 0 saturated carbocycles. The number of anilines is 2. The Bertz CT molecular complexity index is 1220. The number of rotatable bonds is 9. The third kappa shape index (κ3) is 6.02. The van der Waals surface area contributed by atoms with E-state index >= 15 is 0 Å². The van der Waals surface area contributed by atoms with E-state index in [1.165, 1.54) is 4.90 Å². The molecular weight excluding hydrogens is 460 g/mol. The average molecular weight is 489 g/mol. The van der Waals surface area contributed by atoms with Gasteiger partial charge in [-0.05, 0) is 60.5 Å². The van der Waals surface area contributed by atoms with Crippen LogP contribution < -0.4 is 19.7 Å². The van der Waals surface area contributed by atoms with Gasteiger partial charge in [0.1, 0.15) is 5.75 Å². The summed E-state index contributed by atoms with van der Waals surface area (Å²) in [6.07, 6.45) is 0.933. The van der Waals surface area contributed by atoms with E-state index in [9.17, 15) is 14.4 Å². The summed E-state index contributed by atoms with van der Waals surface area (Å²) in [5.74, 6) is -0.0518. The summed E-state index contributed by atoms with van der Waals surface area (Å²) < 4.78 is 16.4. The molecule has 3 aromatic carbocycles. The number of nitrogens with one attached hydrogen (secondary N) is 1. The molecule has 1 aliphatic rings. The molecule has 1 saturated heterocycles. The molecule has 0 unspecified atom stereocenters. The lowest BCUT2D eigenvalue weighted by Gasteiger charge is -2.17. The molecule has 4 rings (SSSR count). The Morgan fingerprint density at radius 3 is 2.33 bits per heavy atom. The van der Waals surface area contributed by atoms with Gasteiger partial charge in [0.25, 0.3) is 5.91 Å². The van der Waals surface area contributed by atoms with Crippen LogP contribution in [0.5, 0.6) is 17.2 Å². The minimum Gasteiger partial charge on any atom is -0.493 e. The van der Waals surface area contributed by atoms with E-state index in [2.05, 4.69) is 12.2 Å². The van der Waals surface area contributed by atoms with Crippen LogP contribution in [0.25, 0.3) is 0 Å². The number of hydrogen-bond acceptors (Lipinski definition) is 6. The van der Waals surface area contributed by atoms with Crippen LogP contribution in [-0.2, 0) is 25.5 Å². The van der Waals surface area contributed by atoms with Crippen molar-refractivity contribution in [2.75, 3.05) is 30.5 Å². The average Bonchev–Trinajstić information content (AvgIpc) is 3.30. The smallest absolute Gasteiger partial charge is 0.311 e. The fraction of sp³-hybridized carbons (Fsp3) is 0.250. The largest absolute Gasteiger partial charge is 0.493 e. The molecular formula is C28H28N2O6. The van der Waals surface area contributed by atoms with Crippen molar-refractivity contribution in [2.24, 2.45) is 5.92 Å². The van der Waals surface area contributed by atoms with E-state index in [4.69, 9.17) is 14.2 Å². The number of benzene rings is 3. The van der Waals surface area contributed by atoms with E-state index in [0.29, 0.717) is 28.6 Å². The van der Waals surface area contributed by atoms with Gasteiger partial charge in [-0.15, -0.1) is 0 Å². The molecule has 186 valence electrons. The second-order valence-electron chi connectivity index (χ2n) is 8.36. The number of carbonyl (C=O) groups is 3. The van der Waals surface area contributed by atoms with Gasteiger partial charge in [-0.3, -0.25) is 14.4 Å². The quantitative estimate of drug-likeness (QED) is 0.443. The molecule has 0 radical (unpaired) electrons. The van der Waals surface area contributed by atoms with Crippen molar-refractivity contribution in [3.8, 4) is 17.2 Å². The van der Waals surface area contributed by atoms with Crippen LogP contribution in [0, 0.1) is 5.92 Å². The zero-order chi connectivity index (χ0) is 25.5. The van der Waals surface area contributed by atoms with Crippen LogP contribution in [0.4, 0.5) is 11.4 Å². The van der Waals surface area contributed by atoms with Gasteiger partial charge < -0.3 is 24.4 Å². The van der Waals surface area contributed by atoms with Crippen molar-refractivity contribution in [2.45, 2.75) is 19.8 Å². The van der Waals surface area contributed by atoms with E-state index in [-0.39, 0.29) is 18.9 Å². The van der Waals surface area contributed by atoms with Gasteiger partial charge in [-0.1, -0.05) is 31.2 Å². The lowest BCUT2D eigenvalue weighted by atomic mass is 10.1. The van der Waals surface area contributed by atoms with E-state index in [1.54, 1.807) is 55.6 Å².